The van der Waals surface area contributed by atoms with E-state index in [9.17, 15) is 13.6 Å². The summed E-state index contributed by atoms with van der Waals surface area (Å²) in [4.78, 5) is 15.8. The number of nitrogens with zero attached hydrogens (tertiary/aromatic N) is 1. The Morgan fingerprint density at radius 2 is 1.95 bits per heavy atom. The average molecular weight is 277 g/mol. The summed E-state index contributed by atoms with van der Waals surface area (Å²) in [7, 11) is 0. The Hall–Kier alpha value is -2.30. The summed E-state index contributed by atoms with van der Waals surface area (Å²) >= 11 is 0. The van der Waals surface area contributed by atoms with Crippen molar-refractivity contribution in [2.45, 2.75) is 20.0 Å². The molecule has 0 spiro atoms. The lowest BCUT2D eigenvalue weighted by molar-refractivity contribution is 0.0371. The molecule has 0 saturated heterocycles. The van der Waals surface area contributed by atoms with E-state index in [0.29, 0.717) is 0 Å². The van der Waals surface area contributed by atoms with Crippen LogP contribution in [0.15, 0.2) is 36.4 Å². The van der Waals surface area contributed by atoms with Crippen LogP contribution in [0.1, 0.15) is 24.3 Å². The van der Waals surface area contributed by atoms with Crippen molar-refractivity contribution in [1.82, 2.24) is 4.98 Å². The highest BCUT2D eigenvalue weighted by Gasteiger charge is 2.13. The molecule has 0 fully saturated rings. The second kappa shape index (κ2) is 5.77. The quantitative estimate of drug-likeness (QED) is 0.805. The van der Waals surface area contributed by atoms with Gasteiger partial charge in [0.2, 0.25) is 0 Å². The minimum atomic E-state index is -0.730. The van der Waals surface area contributed by atoms with Gasteiger partial charge in [-0.3, -0.25) is 0 Å². The van der Waals surface area contributed by atoms with Crippen molar-refractivity contribution in [2.75, 3.05) is 0 Å². The second-order valence-corrected chi connectivity index (χ2v) is 4.49. The zero-order chi connectivity index (χ0) is 14.7. The lowest BCUT2D eigenvalue weighted by Gasteiger charge is -2.08. The molecule has 0 bridgehead atoms. The molecule has 20 heavy (non-hydrogen) atoms. The molecular weight excluding hydrogens is 264 g/mol. The summed E-state index contributed by atoms with van der Waals surface area (Å²) in [5, 5.41) is 0. The zero-order valence-corrected chi connectivity index (χ0v) is 11.1. The molecule has 1 aromatic carbocycles. The number of esters is 1. The largest absolute Gasteiger partial charge is 0.458 e. The molecule has 1 heterocycles. The first kappa shape index (κ1) is 14.1. The molecule has 3 nitrogen and oxygen atoms in total. The van der Waals surface area contributed by atoms with E-state index in [0.717, 1.165) is 12.1 Å². The van der Waals surface area contributed by atoms with Crippen LogP contribution in [0, 0.1) is 11.6 Å². The first-order valence-corrected chi connectivity index (χ1v) is 6.11. The highest BCUT2D eigenvalue weighted by Crippen LogP contribution is 2.22. The molecule has 0 radical (unpaired) electrons. The second-order valence-electron chi connectivity index (χ2n) is 4.49. The number of aromatic nitrogens is 1. The lowest BCUT2D eigenvalue weighted by atomic mass is 10.1. The molecule has 0 unspecified atom stereocenters. The fourth-order valence-electron chi connectivity index (χ4n) is 1.67. The Bertz CT molecular complexity index is 642. The van der Waals surface area contributed by atoms with Crippen molar-refractivity contribution in [1.29, 1.82) is 0 Å². The van der Waals surface area contributed by atoms with Gasteiger partial charge in [-0.15, -0.1) is 0 Å². The van der Waals surface area contributed by atoms with Crippen LogP contribution in [0.3, 0.4) is 0 Å². The summed E-state index contributed by atoms with van der Waals surface area (Å²) in [5.74, 6) is -1.97. The average Bonchev–Trinajstić information content (AvgIpc) is 2.38. The SMILES string of the molecule is CC(C)OC(=O)c1cccc(-c2ccc(F)cc2F)n1. The Kier molecular flexibility index (Phi) is 4.08. The Labute approximate surface area is 115 Å². The van der Waals surface area contributed by atoms with E-state index in [-0.39, 0.29) is 23.1 Å². The number of carbonyl (C=O) groups is 1. The first-order chi connectivity index (χ1) is 9.47. The van der Waals surface area contributed by atoms with E-state index < -0.39 is 17.6 Å². The van der Waals surface area contributed by atoms with E-state index >= 15 is 0 Å². The van der Waals surface area contributed by atoms with Crippen LogP contribution in [-0.2, 0) is 4.74 Å². The van der Waals surface area contributed by atoms with Crippen molar-refractivity contribution >= 4 is 5.97 Å². The molecular formula is C15H13F2NO2. The molecule has 0 N–H and O–H groups in total. The molecule has 2 rings (SSSR count). The van der Waals surface area contributed by atoms with Crippen molar-refractivity contribution in [3.8, 4) is 11.3 Å². The molecule has 0 saturated carbocycles. The van der Waals surface area contributed by atoms with Gasteiger partial charge in [0.1, 0.15) is 17.3 Å². The topological polar surface area (TPSA) is 39.2 Å². The third-order valence-electron chi connectivity index (χ3n) is 2.51. The molecule has 0 aliphatic carbocycles. The summed E-state index contributed by atoms with van der Waals surface area (Å²) in [6.07, 6.45) is -0.268. The predicted octanol–water partition coefficient (Wildman–Crippen LogP) is 3.59. The molecule has 104 valence electrons. The smallest absolute Gasteiger partial charge is 0.357 e. The monoisotopic (exact) mass is 277 g/mol. The van der Waals surface area contributed by atoms with Crippen LogP contribution in [0.4, 0.5) is 8.78 Å². The maximum absolute atomic E-state index is 13.7. The fourth-order valence-corrected chi connectivity index (χ4v) is 1.67. The van der Waals surface area contributed by atoms with Gasteiger partial charge in [-0.05, 0) is 38.1 Å². The van der Waals surface area contributed by atoms with Gasteiger partial charge in [-0.1, -0.05) is 6.07 Å². The predicted molar refractivity (Wildman–Crippen MR) is 70.1 cm³/mol. The normalized spacial score (nSPS) is 10.7. The van der Waals surface area contributed by atoms with Crippen LogP contribution in [0.5, 0.6) is 0 Å². The van der Waals surface area contributed by atoms with Gasteiger partial charge in [0, 0.05) is 11.6 Å². The molecule has 0 atom stereocenters. The van der Waals surface area contributed by atoms with E-state index in [2.05, 4.69) is 4.98 Å². The van der Waals surface area contributed by atoms with Gasteiger partial charge < -0.3 is 4.74 Å². The standard InChI is InChI=1S/C15H13F2NO2/c1-9(2)20-15(19)14-5-3-4-13(18-14)11-7-6-10(16)8-12(11)17/h3-9H,1-2H3. The maximum atomic E-state index is 13.7. The number of pyridine rings is 1. The summed E-state index contributed by atoms with van der Waals surface area (Å²) < 4.78 is 31.6. The van der Waals surface area contributed by atoms with Crippen molar-refractivity contribution in [3.05, 3.63) is 53.7 Å². The van der Waals surface area contributed by atoms with E-state index in [1.165, 1.54) is 12.1 Å². The lowest BCUT2D eigenvalue weighted by Crippen LogP contribution is -2.13. The van der Waals surface area contributed by atoms with Crippen molar-refractivity contribution in [2.24, 2.45) is 0 Å². The molecule has 0 amide bonds. The Balaban J connectivity index is 2.36. The van der Waals surface area contributed by atoms with Crippen LogP contribution in [-0.4, -0.2) is 17.1 Å². The maximum Gasteiger partial charge on any atom is 0.357 e. The van der Waals surface area contributed by atoms with Gasteiger partial charge in [-0.25, -0.2) is 18.6 Å². The van der Waals surface area contributed by atoms with Crippen molar-refractivity contribution < 1.29 is 18.3 Å². The van der Waals surface area contributed by atoms with E-state index in [1.54, 1.807) is 26.0 Å². The Morgan fingerprint density at radius 1 is 1.20 bits per heavy atom. The third-order valence-corrected chi connectivity index (χ3v) is 2.51. The number of rotatable bonds is 3. The molecule has 2 aromatic rings. The van der Waals surface area contributed by atoms with Crippen LogP contribution >= 0.6 is 0 Å². The highest BCUT2D eigenvalue weighted by molar-refractivity contribution is 5.88. The number of hydrogen-bond donors (Lipinski definition) is 0. The number of carbonyl (C=O) groups excluding carboxylic acids is 1. The van der Waals surface area contributed by atoms with Gasteiger partial charge in [0.25, 0.3) is 0 Å². The Morgan fingerprint density at radius 3 is 2.60 bits per heavy atom. The molecule has 1 aromatic heterocycles. The minimum Gasteiger partial charge on any atom is -0.458 e. The van der Waals surface area contributed by atoms with E-state index in [4.69, 9.17) is 4.74 Å². The van der Waals surface area contributed by atoms with Gasteiger partial charge in [-0.2, -0.15) is 0 Å². The number of ether oxygens (including phenoxy) is 1. The summed E-state index contributed by atoms with van der Waals surface area (Å²) in [6, 6.07) is 7.79. The van der Waals surface area contributed by atoms with Crippen LogP contribution in [0.25, 0.3) is 11.3 Å². The fraction of sp³-hybridized carbons (Fsp3) is 0.200. The highest BCUT2D eigenvalue weighted by atomic mass is 19.1. The van der Waals surface area contributed by atoms with E-state index in [1.807, 2.05) is 0 Å². The summed E-state index contributed by atoms with van der Waals surface area (Å²) in [5.41, 5.74) is 0.464. The molecule has 0 aliphatic rings. The van der Waals surface area contributed by atoms with Crippen LogP contribution in [0.2, 0.25) is 0 Å². The number of hydrogen-bond acceptors (Lipinski definition) is 3. The van der Waals surface area contributed by atoms with Gasteiger partial charge in [0.05, 0.1) is 11.8 Å². The first-order valence-electron chi connectivity index (χ1n) is 6.11. The number of benzene rings is 1. The minimum absolute atomic E-state index is 0.0833. The third kappa shape index (κ3) is 3.17. The van der Waals surface area contributed by atoms with Crippen LogP contribution < -0.4 is 0 Å². The van der Waals surface area contributed by atoms with Crippen molar-refractivity contribution in [3.63, 3.8) is 0 Å². The molecule has 0 aliphatic heterocycles. The molecule has 5 heteroatoms. The van der Waals surface area contributed by atoms with Gasteiger partial charge >= 0.3 is 5.97 Å². The zero-order valence-electron chi connectivity index (χ0n) is 11.1. The van der Waals surface area contributed by atoms with Gasteiger partial charge in [0.15, 0.2) is 0 Å². The number of halogens is 2. The summed E-state index contributed by atoms with van der Waals surface area (Å²) in [6.45, 7) is 3.45.